The van der Waals surface area contributed by atoms with Crippen LogP contribution in [0.3, 0.4) is 0 Å². The quantitative estimate of drug-likeness (QED) is 0.383. The van der Waals surface area contributed by atoms with E-state index in [9.17, 15) is 9.59 Å². The fourth-order valence-corrected chi connectivity index (χ4v) is 3.75. The molecule has 1 fully saturated rings. The summed E-state index contributed by atoms with van der Waals surface area (Å²) in [5, 5.41) is -0.245. The number of ether oxygens (including phenoxy) is 1. The van der Waals surface area contributed by atoms with Crippen molar-refractivity contribution < 1.29 is 14.3 Å². The van der Waals surface area contributed by atoms with E-state index in [1.165, 1.54) is 4.90 Å². The summed E-state index contributed by atoms with van der Waals surface area (Å²) < 4.78 is 7.05. The Morgan fingerprint density at radius 1 is 1.15 bits per heavy atom. The van der Waals surface area contributed by atoms with Gasteiger partial charge in [-0.15, -0.1) is 0 Å². The number of carbonyl (C=O) groups excluding carboxylic acids is 2. The molecule has 1 atom stereocenters. The minimum atomic E-state index is -0.262. The summed E-state index contributed by atoms with van der Waals surface area (Å²) in [6, 6.07) is 15.4. The third-order valence-electron chi connectivity index (χ3n) is 4.24. The number of carbonyl (C=O) groups is 2. The van der Waals surface area contributed by atoms with Crippen molar-refractivity contribution in [3.05, 3.63) is 68.1 Å². The Bertz CT molecular complexity index is 879. The summed E-state index contributed by atoms with van der Waals surface area (Å²) in [5.41, 5.74) is 1.73. The van der Waals surface area contributed by atoms with Crippen LogP contribution in [0.25, 0.3) is 6.08 Å². The van der Waals surface area contributed by atoms with Crippen molar-refractivity contribution >= 4 is 51.6 Å². The van der Waals surface area contributed by atoms with Crippen LogP contribution < -0.4 is 4.74 Å². The lowest BCUT2D eigenvalue weighted by Crippen LogP contribution is -2.27. The molecule has 4 nitrogen and oxygen atoms in total. The van der Waals surface area contributed by atoms with Crippen molar-refractivity contribution in [1.29, 1.82) is 0 Å². The number of para-hydroxylation sites is 1. The third-order valence-corrected chi connectivity index (χ3v) is 5.86. The van der Waals surface area contributed by atoms with Crippen LogP contribution >= 0.6 is 34.4 Å². The largest absolute Gasteiger partial charge is 0.490 e. The lowest BCUT2D eigenvalue weighted by Gasteiger charge is -2.15. The van der Waals surface area contributed by atoms with Crippen LogP contribution in [0.5, 0.6) is 5.75 Å². The minimum Gasteiger partial charge on any atom is -0.490 e. The van der Waals surface area contributed by atoms with Crippen molar-refractivity contribution in [2.45, 2.75) is 32.9 Å². The van der Waals surface area contributed by atoms with Crippen LogP contribution in [0.15, 0.2) is 53.4 Å². The molecule has 0 saturated carbocycles. The number of thioether (sulfide) groups is 1. The van der Waals surface area contributed by atoms with Crippen molar-refractivity contribution in [3.8, 4) is 5.75 Å². The summed E-state index contributed by atoms with van der Waals surface area (Å²) >= 11 is 3.20. The summed E-state index contributed by atoms with van der Waals surface area (Å²) in [7, 11) is 0. The summed E-state index contributed by atoms with van der Waals surface area (Å²) in [6.45, 7) is 4.35. The number of amides is 2. The van der Waals surface area contributed by atoms with E-state index in [2.05, 4.69) is 29.5 Å². The van der Waals surface area contributed by atoms with Gasteiger partial charge in [-0.25, -0.2) is 0 Å². The predicted octanol–water partition coefficient (Wildman–Crippen LogP) is 5.71. The Morgan fingerprint density at radius 3 is 2.56 bits per heavy atom. The second-order valence-electron chi connectivity index (χ2n) is 6.27. The fourth-order valence-electron chi connectivity index (χ4n) is 2.56. The number of hydrogen-bond acceptors (Lipinski definition) is 4. The van der Waals surface area contributed by atoms with Gasteiger partial charge in [0.25, 0.3) is 11.1 Å². The second kappa shape index (κ2) is 8.93. The maximum atomic E-state index is 12.8. The zero-order valence-electron chi connectivity index (χ0n) is 15.1. The highest BCUT2D eigenvalue weighted by molar-refractivity contribution is 14.1. The molecular weight excluding hydrogens is 473 g/mol. The number of imide groups is 1. The molecule has 0 unspecified atom stereocenters. The van der Waals surface area contributed by atoms with Crippen molar-refractivity contribution in [2.24, 2.45) is 0 Å². The molecule has 2 amide bonds. The maximum Gasteiger partial charge on any atom is 0.293 e. The van der Waals surface area contributed by atoms with Crippen LogP contribution in [0.1, 0.15) is 31.4 Å². The van der Waals surface area contributed by atoms with Gasteiger partial charge < -0.3 is 4.74 Å². The van der Waals surface area contributed by atoms with Gasteiger partial charge in [0.2, 0.25) is 0 Å². The molecule has 0 radical (unpaired) electrons. The number of benzene rings is 2. The summed E-state index contributed by atoms with van der Waals surface area (Å²) in [4.78, 5) is 26.8. The highest BCUT2D eigenvalue weighted by atomic mass is 127. The van der Waals surface area contributed by atoms with E-state index < -0.39 is 0 Å². The van der Waals surface area contributed by atoms with Crippen LogP contribution in [0.2, 0.25) is 0 Å². The second-order valence-corrected chi connectivity index (χ2v) is 8.51. The molecule has 1 saturated heterocycles. The number of halogens is 1. The number of rotatable bonds is 6. The minimum absolute atomic E-state index is 0.0792. The number of hydrogen-bond donors (Lipinski definition) is 0. The molecule has 1 aliphatic rings. The monoisotopic (exact) mass is 493 g/mol. The van der Waals surface area contributed by atoms with E-state index >= 15 is 0 Å². The van der Waals surface area contributed by atoms with E-state index in [0.29, 0.717) is 4.91 Å². The molecule has 0 aromatic heterocycles. The predicted molar refractivity (Wildman–Crippen MR) is 117 cm³/mol. The van der Waals surface area contributed by atoms with Crippen molar-refractivity contribution in [2.75, 3.05) is 0 Å². The lowest BCUT2D eigenvalue weighted by molar-refractivity contribution is -0.123. The van der Waals surface area contributed by atoms with Gasteiger partial charge in [0.15, 0.2) is 0 Å². The van der Waals surface area contributed by atoms with Gasteiger partial charge in [0.05, 0.1) is 17.6 Å². The summed E-state index contributed by atoms with van der Waals surface area (Å²) in [5.74, 6) is 0.457. The van der Waals surface area contributed by atoms with Gasteiger partial charge in [-0.1, -0.05) is 37.3 Å². The topological polar surface area (TPSA) is 46.6 Å². The van der Waals surface area contributed by atoms with Crippen LogP contribution in [0.4, 0.5) is 4.79 Å². The van der Waals surface area contributed by atoms with Gasteiger partial charge >= 0.3 is 0 Å². The van der Waals surface area contributed by atoms with Crippen LogP contribution in [-0.2, 0) is 11.3 Å². The first-order valence-corrected chi connectivity index (χ1v) is 10.6. The Kier molecular flexibility index (Phi) is 6.59. The molecule has 2 aromatic rings. The Labute approximate surface area is 177 Å². The zero-order valence-corrected chi connectivity index (χ0v) is 18.1. The van der Waals surface area contributed by atoms with Crippen molar-refractivity contribution in [3.63, 3.8) is 0 Å². The SMILES string of the molecule is CC[C@H](C)Oc1ccccc1/C=C1/SC(=O)N(Cc2ccc(I)cc2)C1=O. The van der Waals surface area contributed by atoms with Crippen LogP contribution in [0, 0.1) is 3.57 Å². The molecule has 2 aromatic carbocycles. The van der Waals surface area contributed by atoms with E-state index in [4.69, 9.17) is 4.74 Å². The van der Waals surface area contributed by atoms with E-state index in [1.807, 2.05) is 55.5 Å². The van der Waals surface area contributed by atoms with Gasteiger partial charge in [0, 0.05) is 9.13 Å². The zero-order chi connectivity index (χ0) is 19.4. The Balaban J connectivity index is 1.81. The fraction of sp³-hybridized carbons (Fsp3) is 0.238. The first-order chi connectivity index (χ1) is 13.0. The highest BCUT2D eigenvalue weighted by Gasteiger charge is 2.35. The molecule has 6 heteroatoms. The van der Waals surface area contributed by atoms with Gasteiger partial charge in [0.1, 0.15) is 5.75 Å². The van der Waals surface area contributed by atoms with Gasteiger partial charge in [-0.2, -0.15) is 0 Å². The van der Waals surface area contributed by atoms with E-state index in [-0.39, 0.29) is 23.8 Å². The molecule has 1 aliphatic heterocycles. The first-order valence-electron chi connectivity index (χ1n) is 8.73. The first kappa shape index (κ1) is 19.9. The molecule has 0 aliphatic carbocycles. The molecule has 0 bridgehead atoms. The van der Waals surface area contributed by atoms with E-state index in [1.54, 1.807) is 6.08 Å². The average molecular weight is 493 g/mol. The molecule has 140 valence electrons. The normalized spacial score (nSPS) is 16.9. The van der Waals surface area contributed by atoms with Gasteiger partial charge in [-0.3, -0.25) is 14.5 Å². The highest BCUT2D eigenvalue weighted by Crippen LogP contribution is 2.35. The average Bonchev–Trinajstić information content (AvgIpc) is 2.92. The smallest absolute Gasteiger partial charge is 0.293 e. The van der Waals surface area contributed by atoms with Crippen LogP contribution in [-0.4, -0.2) is 22.2 Å². The number of nitrogens with zero attached hydrogens (tertiary/aromatic N) is 1. The molecule has 27 heavy (non-hydrogen) atoms. The molecule has 1 heterocycles. The standard InChI is InChI=1S/C21H20INO3S/c1-3-14(2)26-18-7-5-4-6-16(18)12-19-20(24)23(21(25)27-19)13-15-8-10-17(22)11-9-15/h4-12,14H,3,13H2,1-2H3/b19-12+/t14-/m0/s1. The molecular formula is C21H20INO3S. The Hall–Kier alpha value is -1.80. The third kappa shape index (κ3) is 4.93. The lowest BCUT2D eigenvalue weighted by atomic mass is 10.1. The molecule has 0 spiro atoms. The maximum absolute atomic E-state index is 12.8. The molecule has 0 N–H and O–H groups in total. The van der Waals surface area contributed by atoms with Gasteiger partial charge in [-0.05, 0) is 77.5 Å². The van der Waals surface area contributed by atoms with Crippen molar-refractivity contribution in [1.82, 2.24) is 4.90 Å². The Morgan fingerprint density at radius 2 is 1.85 bits per heavy atom. The van der Waals surface area contributed by atoms with E-state index in [0.717, 1.165) is 38.6 Å². The molecule has 3 rings (SSSR count). The summed E-state index contributed by atoms with van der Waals surface area (Å²) in [6.07, 6.45) is 2.72.